The molecule has 0 amide bonds. The molecule has 1 aromatic rings. The third-order valence-corrected chi connectivity index (χ3v) is 7.60. The summed E-state index contributed by atoms with van der Waals surface area (Å²) >= 11 is 0. The van der Waals surface area contributed by atoms with Crippen molar-refractivity contribution in [2.75, 3.05) is 20.3 Å². The molecule has 160 valence electrons. The molecule has 4 unspecified atom stereocenters. The molecule has 3 N–H and O–H groups in total. The average Bonchev–Trinajstić information content (AvgIpc) is 3.06. The number of carbonyl (C=O) groups excluding carboxylic acids is 1. The molecule has 2 bridgehead atoms. The second-order valence-electron chi connectivity index (χ2n) is 9.15. The summed E-state index contributed by atoms with van der Waals surface area (Å²) in [5.74, 6) is -2.35. The molecular formula is C24H34O5. The normalized spacial score (nSPS) is 32.7. The first kappa shape index (κ1) is 22.2. The van der Waals surface area contributed by atoms with Gasteiger partial charge in [-0.2, -0.15) is 0 Å². The molecule has 29 heavy (non-hydrogen) atoms. The maximum absolute atomic E-state index is 13.7. The fraction of sp³-hybridized carbons (Fsp3) is 0.625. The fourth-order valence-electron chi connectivity index (χ4n) is 5.96. The van der Waals surface area contributed by atoms with Gasteiger partial charge in [-0.15, -0.1) is 0 Å². The number of aryl methyl sites for hydroxylation is 2. The summed E-state index contributed by atoms with van der Waals surface area (Å²) in [5.41, 5.74) is 1.26. The summed E-state index contributed by atoms with van der Waals surface area (Å²) < 4.78 is 5.60. The van der Waals surface area contributed by atoms with Crippen LogP contribution in [-0.4, -0.2) is 47.2 Å². The molecular weight excluding hydrogens is 368 g/mol. The highest BCUT2D eigenvalue weighted by Gasteiger charge is 2.79. The van der Waals surface area contributed by atoms with Crippen molar-refractivity contribution >= 4 is 5.78 Å². The van der Waals surface area contributed by atoms with Crippen LogP contribution in [0.25, 0.3) is 0 Å². The first-order valence-corrected chi connectivity index (χ1v) is 10.5. The van der Waals surface area contributed by atoms with Crippen molar-refractivity contribution in [3.05, 3.63) is 47.5 Å². The fourth-order valence-corrected chi connectivity index (χ4v) is 5.96. The van der Waals surface area contributed by atoms with Crippen LogP contribution in [0.1, 0.15) is 44.2 Å². The van der Waals surface area contributed by atoms with E-state index in [1.807, 2.05) is 32.0 Å². The molecule has 0 saturated heterocycles. The Hall–Kier alpha value is -1.53. The SMILES string of the molecule is C=C1C2C(CO)CC(C(=O)CCc3cccc(CCCO)c3)(C1(C)C)C2(O)OC. The summed E-state index contributed by atoms with van der Waals surface area (Å²) in [7, 11) is 1.44. The van der Waals surface area contributed by atoms with Crippen molar-refractivity contribution in [3.63, 3.8) is 0 Å². The molecule has 3 rings (SSSR count). The standard InChI is InChI=1S/C24H34O5/c1-16-21-19(15-26)14-23(22(16,2)3,24(21,28)29-4)20(27)11-10-18-8-5-7-17(13-18)9-6-12-25/h5,7-8,13,19,21,25-26,28H,1,6,9-12,14-15H2,2-4H3. The van der Waals surface area contributed by atoms with Crippen molar-refractivity contribution in [3.8, 4) is 0 Å². The number of hydrogen-bond acceptors (Lipinski definition) is 5. The molecule has 2 saturated carbocycles. The Morgan fingerprint density at radius 2 is 1.90 bits per heavy atom. The number of rotatable bonds is 9. The number of methoxy groups -OCH3 is 1. The van der Waals surface area contributed by atoms with Crippen molar-refractivity contribution in [2.45, 2.75) is 51.7 Å². The Balaban J connectivity index is 1.86. The van der Waals surface area contributed by atoms with E-state index in [1.165, 1.54) is 7.11 Å². The van der Waals surface area contributed by atoms with Crippen LogP contribution in [-0.2, 0) is 22.4 Å². The molecule has 0 aromatic heterocycles. The van der Waals surface area contributed by atoms with E-state index in [2.05, 4.69) is 12.6 Å². The highest BCUT2D eigenvalue weighted by atomic mass is 16.6. The largest absolute Gasteiger partial charge is 0.396 e. The Kier molecular flexibility index (Phi) is 6.08. The molecule has 2 fully saturated rings. The summed E-state index contributed by atoms with van der Waals surface area (Å²) in [5, 5.41) is 30.4. The molecule has 0 heterocycles. The molecule has 4 atom stereocenters. The summed E-state index contributed by atoms with van der Waals surface area (Å²) in [6, 6.07) is 8.09. The number of ether oxygens (including phenoxy) is 1. The second-order valence-corrected chi connectivity index (χ2v) is 9.15. The van der Waals surface area contributed by atoms with Gasteiger partial charge in [0.05, 0.1) is 5.41 Å². The molecule has 0 radical (unpaired) electrons. The first-order valence-electron chi connectivity index (χ1n) is 10.5. The van der Waals surface area contributed by atoms with Crippen LogP contribution in [0.4, 0.5) is 0 Å². The molecule has 0 spiro atoms. The average molecular weight is 403 g/mol. The van der Waals surface area contributed by atoms with E-state index in [-0.39, 0.29) is 31.3 Å². The Morgan fingerprint density at radius 1 is 1.24 bits per heavy atom. The highest BCUT2D eigenvalue weighted by Crippen LogP contribution is 2.73. The second kappa shape index (κ2) is 7.95. The first-order chi connectivity index (χ1) is 13.7. The van der Waals surface area contributed by atoms with Gasteiger partial charge in [0.25, 0.3) is 0 Å². The van der Waals surface area contributed by atoms with Crippen molar-refractivity contribution in [2.24, 2.45) is 22.7 Å². The van der Waals surface area contributed by atoms with E-state index in [0.29, 0.717) is 19.3 Å². The van der Waals surface area contributed by atoms with Gasteiger partial charge < -0.3 is 20.1 Å². The minimum absolute atomic E-state index is 0.0350. The summed E-state index contributed by atoms with van der Waals surface area (Å²) in [6.07, 6.45) is 2.78. The van der Waals surface area contributed by atoms with Gasteiger partial charge in [-0.1, -0.05) is 50.3 Å². The number of benzene rings is 1. The smallest absolute Gasteiger partial charge is 0.185 e. The number of carbonyl (C=O) groups is 1. The van der Waals surface area contributed by atoms with Crippen LogP contribution in [0, 0.1) is 22.7 Å². The van der Waals surface area contributed by atoms with Gasteiger partial charge in [0.15, 0.2) is 5.79 Å². The van der Waals surface area contributed by atoms with Gasteiger partial charge in [-0.3, -0.25) is 4.79 Å². The highest BCUT2D eigenvalue weighted by molar-refractivity contribution is 5.89. The minimum atomic E-state index is -1.64. The summed E-state index contributed by atoms with van der Waals surface area (Å²) in [6.45, 7) is 8.17. The summed E-state index contributed by atoms with van der Waals surface area (Å²) in [4.78, 5) is 13.7. The quantitative estimate of drug-likeness (QED) is 0.437. The maximum Gasteiger partial charge on any atom is 0.185 e. The van der Waals surface area contributed by atoms with Gasteiger partial charge in [0.2, 0.25) is 0 Å². The number of aliphatic hydroxyl groups is 3. The zero-order chi connectivity index (χ0) is 21.4. The lowest BCUT2D eigenvalue weighted by atomic mass is 9.58. The van der Waals surface area contributed by atoms with E-state index in [0.717, 1.165) is 23.1 Å². The molecule has 2 aliphatic carbocycles. The number of fused-ring (bicyclic) bond motifs is 2. The Morgan fingerprint density at radius 3 is 2.48 bits per heavy atom. The van der Waals surface area contributed by atoms with Crippen LogP contribution in [0.3, 0.4) is 0 Å². The number of Topliss-reactive ketones (excluding diaryl/α,β-unsaturated/α-hetero) is 1. The number of ketones is 1. The van der Waals surface area contributed by atoms with Crippen molar-refractivity contribution < 1.29 is 24.9 Å². The number of hydrogen-bond donors (Lipinski definition) is 3. The topological polar surface area (TPSA) is 87.0 Å². The lowest BCUT2D eigenvalue weighted by molar-refractivity contribution is -0.253. The van der Waals surface area contributed by atoms with Gasteiger partial charge >= 0.3 is 0 Å². The zero-order valence-electron chi connectivity index (χ0n) is 17.8. The molecule has 5 heteroatoms. The van der Waals surface area contributed by atoms with Crippen LogP contribution < -0.4 is 0 Å². The Bertz CT molecular complexity index is 785. The van der Waals surface area contributed by atoms with Crippen LogP contribution in [0.15, 0.2) is 36.4 Å². The maximum atomic E-state index is 13.7. The van der Waals surface area contributed by atoms with E-state index in [1.54, 1.807) is 0 Å². The monoisotopic (exact) mass is 402 g/mol. The van der Waals surface area contributed by atoms with Crippen molar-refractivity contribution in [1.82, 2.24) is 0 Å². The predicted octanol–water partition coefficient (Wildman–Crippen LogP) is 2.66. The Labute approximate surface area is 173 Å². The predicted molar refractivity (Wildman–Crippen MR) is 111 cm³/mol. The van der Waals surface area contributed by atoms with Crippen LogP contribution in [0.5, 0.6) is 0 Å². The lowest BCUT2D eigenvalue weighted by Gasteiger charge is -2.46. The van der Waals surface area contributed by atoms with Crippen LogP contribution in [0.2, 0.25) is 0 Å². The molecule has 5 nitrogen and oxygen atoms in total. The molecule has 0 aliphatic heterocycles. The van der Waals surface area contributed by atoms with E-state index in [9.17, 15) is 15.0 Å². The van der Waals surface area contributed by atoms with E-state index >= 15 is 0 Å². The molecule has 2 aliphatic rings. The van der Waals surface area contributed by atoms with Crippen LogP contribution >= 0.6 is 0 Å². The molecule has 1 aromatic carbocycles. The number of aliphatic hydroxyl groups excluding tert-OH is 2. The third-order valence-electron chi connectivity index (χ3n) is 7.60. The minimum Gasteiger partial charge on any atom is -0.396 e. The van der Waals surface area contributed by atoms with E-state index in [4.69, 9.17) is 9.84 Å². The van der Waals surface area contributed by atoms with Crippen molar-refractivity contribution in [1.29, 1.82) is 0 Å². The van der Waals surface area contributed by atoms with Gasteiger partial charge in [0, 0.05) is 38.1 Å². The van der Waals surface area contributed by atoms with Gasteiger partial charge in [0.1, 0.15) is 5.78 Å². The van der Waals surface area contributed by atoms with Gasteiger partial charge in [-0.05, 0) is 42.7 Å². The van der Waals surface area contributed by atoms with Gasteiger partial charge in [-0.25, -0.2) is 0 Å². The third kappa shape index (κ3) is 3.10. The zero-order valence-corrected chi connectivity index (χ0v) is 17.8. The lowest BCUT2D eigenvalue weighted by Crippen LogP contribution is -2.55. The van der Waals surface area contributed by atoms with E-state index < -0.39 is 22.5 Å².